The Kier molecular flexibility index (Phi) is 5.87. The average molecular weight is 292 g/mol. The molecule has 1 aromatic rings. The summed E-state index contributed by atoms with van der Waals surface area (Å²) in [6.45, 7) is 2.09. The molecule has 0 aromatic carbocycles. The third-order valence-electron chi connectivity index (χ3n) is 2.26. The second kappa shape index (κ2) is 7.18. The Bertz CT molecular complexity index is 464. The lowest BCUT2D eigenvalue weighted by Crippen LogP contribution is -2.18. The van der Waals surface area contributed by atoms with Crippen LogP contribution in [0.5, 0.6) is 0 Å². The van der Waals surface area contributed by atoms with Gasteiger partial charge in [0.05, 0.1) is 24.5 Å². The first-order chi connectivity index (χ1) is 9.33. The molecule has 112 valence electrons. The van der Waals surface area contributed by atoms with Crippen LogP contribution in [0.2, 0.25) is 0 Å². The SMILES string of the molecule is CCOC(=O)c1cnc(CCOCC(F)(F)F)nc1C. The third-order valence-corrected chi connectivity index (χ3v) is 2.26. The number of carbonyl (C=O) groups is 1. The smallest absolute Gasteiger partial charge is 0.411 e. The summed E-state index contributed by atoms with van der Waals surface area (Å²) >= 11 is 0. The molecule has 5 nitrogen and oxygen atoms in total. The fourth-order valence-corrected chi connectivity index (χ4v) is 1.40. The molecule has 0 aliphatic heterocycles. The summed E-state index contributed by atoms with van der Waals surface area (Å²) in [6.07, 6.45) is -2.90. The first kappa shape index (κ1) is 16.4. The van der Waals surface area contributed by atoms with E-state index in [2.05, 4.69) is 14.7 Å². The van der Waals surface area contributed by atoms with Crippen molar-refractivity contribution < 1.29 is 27.4 Å². The molecule has 0 radical (unpaired) electrons. The van der Waals surface area contributed by atoms with Gasteiger partial charge in [-0.05, 0) is 13.8 Å². The summed E-state index contributed by atoms with van der Waals surface area (Å²) in [5.41, 5.74) is 0.663. The first-order valence-corrected chi connectivity index (χ1v) is 5.97. The van der Waals surface area contributed by atoms with Crippen molar-refractivity contribution in [2.24, 2.45) is 0 Å². The number of aromatic nitrogens is 2. The third kappa shape index (κ3) is 5.52. The van der Waals surface area contributed by atoms with Gasteiger partial charge in [0.25, 0.3) is 0 Å². The quantitative estimate of drug-likeness (QED) is 0.593. The molecule has 1 heterocycles. The molecule has 0 spiro atoms. The Labute approximate surface area is 114 Å². The van der Waals surface area contributed by atoms with E-state index in [1.54, 1.807) is 13.8 Å². The number of hydrogen-bond donors (Lipinski definition) is 0. The van der Waals surface area contributed by atoms with Gasteiger partial charge in [0.2, 0.25) is 0 Å². The van der Waals surface area contributed by atoms with Crippen LogP contribution in [-0.4, -0.2) is 41.9 Å². The van der Waals surface area contributed by atoms with Gasteiger partial charge < -0.3 is 9.47 Å². The monoisotopic (exact) mass is 292 g/mol. The number of carbonyl (C=O) groups excluding carboxylic acids is 1. The van der Waals surface area contributed by atoms with Crippen molar-refractivity contribution in [1.82, 2.24) is 9.97 Å². The lowest BCUT2D eigenvalue weighted by Gasteiger charge is -2.08. The first-order valence-electron chi connectivity index (χ1n) is 5.97. The van der Waals surface area contributed by atoms with Crippen LogP contribution in [-0.2, 0) is 15.9 Å². The molecule has 1 aromatic heterocycles. The van der Waals surface area contributed by atoms with Crippen molar-refractivity contribution in [2.45, 2.75) is 26.4 Å². The van der Waals surface area contributed by atoms with Crippen LogP contribution >= 0.6 is 0 Å². The van der Waals surface area contributed by atoms with Crippen LogP contribution in [0.15, 0.2) is 6.20 Å². The largest absolute Gasteiger partial charge is 0.462 e. The zero-order valence-corrected chi connectivity index (χ0v) is 11.2. The molecular weight excluding hydrogens is 277 g/mol. The Morgan fingerprint density at radius 2 is 2.10 bits per heavy atom. The highest BCUT2D eigenvalue weighted by Crippen LogP contribution is 2.14. The molecule has 1 rings (SSSR count). The maximum Gasteiger partial charge on any atom is 0.411 e. The second-order valence-electron chi connectivity index (χ2n) is 3.92. The number of aryl methyl sites for hydroxylation is 1. The number of halogens is 3. The number of ether oxygens (including phenoxy) is 2. The van der Waals surface area contributed by atoms with Gasteiger partial charge in [0, 0.05) is 12.6 Å². The standard InChI is InChI=1S/C12H15F3N2O3/c1-3-20-11(18)9-6-16-10(17-8(9)2)4-5-19-7-12(13,14)15/h6H,3-5,7H2,1-2H3. The number of alkyl halides is 3. The number of esters is 1. The fourth-order valence-electron chi connectivity index (χ4n) is 1.40. The van der Waals surface area contributed by atoms with E-state index in [0.29, 0.717) is 11.5 Å². The summed E-state index contributed by atoms with van der Waals surface area (Å²) in [5, 5.41) is 0. The molecule has 0 saturated carbocycles. The van der Waals surface area contributed by atoms with E-state index in [0.717, 1.165) is 0 Å². The Hall–Kier alpha value is -1.70. The van der Waals surface area contributed by atoms with Gasteiger partial charge >= 0.3 is 12.1 Å². The van der Waals surface area contributed by atoms with Crippen molar-refractivity contribution in [3.63, 3.8) is 0 Å². The Balaban J connectivity index is 2.53. The van der Waals surface area contributed by atoms with Gasteiger partial charge in [-0.3, -0.25) is 0 Å². The zero-order valence-electron chi connectivity index (χ0n) is 11.2. The lowest BCUT2D eigenvalue weighted by molar-refractivity contribution is -0.173. The number of rotatable bonds is 6. The Morgan fingerprint density at radius 1 is 1.40 bits per heavy atom. The highest BCUT2D eigenvalue weighted by Gasteiger charge is 2.27. The second-order valence-corrected chi connectivity index (χ2v) is 3.92. The predicted molar refractivity (Wildman–Crippen MR) is 63.3 cm³/mol. The molecule has 0 fully saturated rings. The summed E-state index contributed by atoms with van der Waals surface area (Å²) in [5.74, 6) is -0.206. The van der Waals surface area contributed by atoms with Crippen molar-refractivity contribution >= 4 is 5.97 Å². The molecule has 0 aliphatic rings. The van der Waals surface area contributed by atoms with E-state index in [1.807, 2.05) is 0 Å². The summed E-state index contributed by atoms with van der Waals surface area (Å²) in [7, 11) is 0. The molecule has 20 heavy (non-hydrogen) atoms. The number of nitrogens with zero attached hydrogens (tertiary/aromatic N) is 2. The van der Waals surface area contributed by atoms with Gasteiger partial charge in [-0.25, -0.2) is 14.8 Å². The highest BCUT2D eigenvalue weighted by atomic mass is 19.4. The van der Waals surface area contributed by atoms with Crippen LogP contribution in [0.4, 0.5) is 13.2 Å². The van der Waals surface area contributed by atoms with E-state index in [-0.39, 0.29) is 25.2 Å². The van der Waals surface area contributed by atoms with E-state index >= 15 is 0 Å². The lowest BCUT2D eigenvalue weighted by atomic mass is 10.2. The van der Waals surface area contributed by atoms with Crippen molar-refractivity contribution in [2.75, 3.05) is 19.8 Å². The minimum atomic E-state index is -4.34. The van der Waals surface area contributed by atoms with Crippen LogP contribution in [0.3, 0.4) is 0 Å². The Morgan fingerprint density at radius 3 is 2.65 bits per heavy atom. The van der Waals surface area contributed by atoms with E-state index in [9.17, 15) is 18.0 Å². The summed E-state index contributed by atoms with van der Waals surface area (Å²) < 4.78 is 44.8. The van der Waals surface area contributed by atoms with Crippen molar-refractivity contribution in [3.8, 4) is 0 Å². The minimum absolute atomic E-state index is 0.139. The maximum atomic E-state index is 11.9. The topological polar surface area (TPSA) is 61.3 Å². The zero-order chi connectivity index (χ0) is 15.2. The van der Waals surface area contributed by atoms with Crippen LogP contribution in [0, 0.1) is 6.92 Å². The highest BCUT2D eigenvalue weighted by molar-refractivity contribution is 5.90. The molecule has 8 heteroatoms. The minimum Gasteiger partial charge on any atom is -0.462 e. The van der Waals surface area contributed by atoms with Gasteiger partial charge in [-0.2, -0.15) is 13.2 Å². The van der Waals surface area contributed by atoms with Gasteiger partial charge in [0.1, 0.15) is 12.4 Å². The molecule has 0 bridgehead atoms. The maximum absolute atomic E-state index is 11.9. The molecule has 0 saturated heterocycles. The molecule has 0 aliphatic carbocycles. The van der Waals surface area contributed by atoms with Crippen LogP contribution in [0.25, 0.3) is 0 Å². The van der Waals surface area contributed by atoms with E-state index in [1.165, 1.54) is 6.20 Å². The summed E-state index contributed by atoms with van der Waals surface area (Å²) in [6, 6.07) is 0. The van der Waals surface area contributed by atoms with Gasteiger partial charge in [-0.1, -0.05) is 0 Å². The molecular formula is C12H15F3N2O3. The molecule has 0 atom stereocenters. The number of hydrogen-bond acceptors (Lipinski definition) is 5. The molecule has 0 unspecified atom stereocenters. The van der Waals surface area contributed by atoms with Crippen molar-refractivity contribution in [1.29, 1.82) is 0 Å². The van der Waals surface area contributed by atoms with Crippen LogP contribution in [0.1, 0.15) is 28.8 Å². The van der Waals surface area contributed by atoms with Crippen LogP contribution < -0.4 is 0 Å². The normalized spacial score (nSPS) is 11.4. The van der Waals surface area contributed by atoms with E-state index < -0.39 is 18.8 Å². The summed E-state index contributed by atoms with van der Waals surface area (Å²) in [4.78, 5) is 19.4. The van der Waals surface area contributed by atoms with E-state index in [4.69, 9.17) is 4.74 Å². The van der Waals surface area contributed by atoms with Gasteiger partial charge in [0.15, 0.2) is 0 Å². The fraction of sp³-hybridized carbons (Fsp3) is 0.583. The predicted octanol–water partition coefficient (Wildman–Crippen LogP) is 2.08. The molecule has 0 amide bonds. The average Bonchev–Trinajstić information content (AvgIpc) is 2.34. The molecule has 0 N–H and O–H groups in total. The van der Waals surface area contributed by atoms with Crippen molar-refractivity contribution in [3.05, 3.63) is 23.3 Å². The van der Waals surface area contributed by atoms with Gasteiger partial charge in [-0.15, -0.1) is 0 Å².